The number of piperazine rings is 1. The Morgan fingerprint density at radius 3 is 2.60 bits per heavy atom. The number of anilines is 1. The van der Waals surface area contributed by atoms with E-state index in [2.05, 4.69) is 5.32 Å². The molecule has 8 nitrogen and oxygen atoms in total. The molecule has 0 aromatic heterocycles. The van der Waals surface area contributed by atoms with Gasteiger partial charge in [0.25, 0.3) is 5.91 Å². The summed E-state index contributed by atoms with van der Waals surface area (Å²) in [6.45, 7) is 0.733. The monoisotopic (exact) mass is 490 g/mol. The second-order valence-electron chi connectivity index (χ2n) is 7.82. The maximum Gasteiger partial charge on any atom is 0.417 e. The Kier molecular flexibility index (Phi) is 8.19. The number of rotatable bonds is 7. The quantitative estimate of drug-likeness (QED) is 0.600. The van der Waals surface area contributed by atoms with Crippen LogP contribution in [0.15, 0.2) is 42.5 Å². The Hall–Kier alpha value is -3.78. The molecule has 0 spiro atoms. The van der Waals surface area contributed by atoms with E-state index in [9.17, 15) is 22.8 Å². The number of carbonyl (C=O) groups excluding carboxylic acids is 2. The van der Waals surface area contributed by atoms with Crippen molar-refractivity contribution < 1.29 is 32.2 Å². The van der Waals surface area contributed by atoms with E-state index in [0.717, 1.165) is 12.1 Å². The molecule has 0 saturated carbocycles. The number of amides is 2. The van der Waals surface area contributed by atoms with Gasteiger partial charge < -0.3 is 24.6 Å². The largest absolute Gasteiger partial charge is 0.497 e. The van der Waals surface area contributed by atoms with Crippen LogP contribution in [0, 0.1) is 11.3 Å². The highest BCUT2D eigenvalue weighted by atomic mass is 19.4. The summed E-state index contributed by atoms with van der Waals surface area (Å²) in [6, 6.07) is 10.5. The third-order valence-corrected chi connectivity index (χ3v) is 5.66. The van der Waals surface area contributed by atoms with E-state index >= 15 is 0 Å². The summed E-state index contributed by atoms with van der Waals surface area (Å²) in [5.41, 5.74) is -1.000. The van der Waals surface area contributed by atoms with E-state index in [0.29, 0.717) is 11.3 Å². The molecule has 11 heteroatoms. The molecule has 1 unspecified atom stereocenters. The molecule has 0 aliphatic carbocycles. The minimum absolute atomic E-state index is 0.0300. The van der Waals surface area contributed by atoms with Crippen molar-refractivity contribution in [2.75, 3.05) is 51.9 Å². The maximum absolute atomic E-state index is 13.5. The van der Waals surface area contributed by atoms with Crippen molar-refractivity contribution in [1.29, 1.82) is 5.26 Å². The zero-order chi connectivity index (χ0) is 25.6. The highest BCUT2D eigenvalue weighted by molar-refractivity contribution is 5.98. The third-order valence-electron chi connectivity index (χ3n) is 5.66. The predicted octanol–water partition coefficient (Wildman–Crippen LogP) is 2.68. The molecule has 1 aliphatic rings. The van der Waals surface area contributed by atoms with Gasteiger partial charge >= 0.3 is 6.18 Å². The van der Waals surface area contributed by atoms with Gasteiger partial charge in [0.1, 0.15) is 11.8 Å². The first-order valence-corrected chi connectivity index (χ1v) is 10.8. The lowest BCUT2D eigenvalue weighted by atomic mass is 10.0. The Bertz CT molecular complexity index is 1120. The lowest BCUT2D eigenvalue weighted by molar-refractivity contribution is -0.137. The van der Waals surface area contributed by atoms with Crippen molar-refractivity contribution in [3.05, 3.63) is 59.2 Å². The average molecular weight is 490 g/mol. The fraction of sp³-hybridized carbons (Fsp3) is 0.375. The highest BCUT2D eigenvalue weighted by Crippen LogP contribution is 2.35. The summed E-state index contributed by atoms with van der Waals surface area (Å²) >= 11 is 0. The lowest BCUT2D eigenvalue weighted by Crippen LogP contribution is -2.61. The van der Waals surface area contributed by atoms with Crippen LogP contribution in [0.2, 0.25) is 0 Å². The van der Waals surface area contributed by atoms with Crippen molar-refractivity contribution in [2.45, 2.75) is 12.2 Å². The smallest absolute Gasteiger partial charge is 0.417 e. The summed E-state index contributed by atoms with van der Waals surface area (Å²) in [7, 11) is 2.96. The van der Waals surface area contributed by atoms with Crippen LogP contribution in [-0.4, -0.2) is 69.8 Å². The van der Waals surface area contributed by atoms with E-state index < -0.39 is 35.2 Å². The van der Waals surface area contributed by atoms with Crippen molar-refractivity contribution in [2.24, 2.45) is 0 Å². The van der Waals surface area contributed by atoms with Gasteiger partial charge in [0.15, 0.2) is 0 Å². The molecular formula is C24H25F3N4O4. The second kappa shape index (κ2) is 11.1. The number of benzene rings is 2. The molecule has 0 radical (unpaired) electrons. The molecule has 1 fully saturated rings. The van der Waals surface area contributed by atoms with Crippen LogP contribution in [0.1, 0.15) is 21.5 Å². The van der Waals surface area contributed by atoms with Gasteiger partial charge in [-0.05, 0) is 36.4 Å². The first-order chi connectivity index (χ1) is 16.7. The Labute approximate surface area is 200 Å². The number of methoxy groups -OCH3 is 2. The van der Waals surface area contributed by atoms with Gasteiger partial charge in [-0.15, -0.1) is 0 Å². The number of hydrogen-bond donors (Lipinski definition) is 1. The van der Waals surface area contributed by atoms with Crippen LogP contribution < -0.4 is 15.0 Å². The van der Waals surface area contributed by atoms with Crippen LogP contribution in [0.5, 0.6) is 5.75 Å². The molecule has 1 heterocycles. The number of alkyl halides is 3. The van der Waals surface area contributed by atoms with Gasteiger partial charge in [0, 0.05) is 44.5 Å². The van der Waals surface area contributed by atoms with Gasteiger partial charge in [-0.3, -0.25) is 9.59 Å². The number of nitrogens with zero attached hydrogens (tertiary/aromatic N) is 3. The lowest BCUT2D eigenvalue weighted by Gasteiger charge is -2.41. The molecule has 1 N–H and O–H groups in total. The highest BCUT2D eigenvalue weighted by Gasteiger charge is 2.38. The van der Waals surface area contributed by atoms with E-state index in [1.165, 1.54) is 25.2 Å². The molecule has 1 aliphatic heterocycles. The molecule has 0 bridgehead atoms. The zero-order valence-electron chi connectivity index (χ0n) is 19.3. The molecule has 3 rings (SSSR count). The minimum atomic E-state index is -4.71. The Balaban J connectivity index is 1.90. The molecule has 35 heavy (non-hydrogen) atoms. The summed E-state index contributed by atoms with van der Waals surface area (Å²) in [5, 5.41) is 11.8. The summed E-state index contributed by atoms with van der Waals surface area (Å²) < 4.78 is 50.5. The third kappa shape index (κ3) is 6.02. The fourth-order valence-electron chi connectivity index (χ4n) is 3.86. The van der Waals surface area contributed by atoms with Crippen LogP contribution in [0.4, 0.5) is 18.9 Å². The molecule has 2 amide bonds. The Morgan fingerprint density at radius 2 is 1.94 bits per heavy atom. The molecule has 1 saturated heterocycles. The summed E-state index contributed by atoms with van der Waals surface area (Å²) in [4.78, 5) is 29.3. The van der Waals surface area contributed by atoms with E-state index in [1.54, 1.807) is 35.2 Å². The van der Waals surface area contributed by atoms with Gasteiger partial charge in [-0.1, -0.05) is 6.07 Å². The van der Waals surface area contributed by atoms with Crippen LogP contribution in [-0.2, 0) is 15.7 Å². The van der Waals surface area contributed by atoms with Crippen molar-refractivity contribution in [1.82, 2.24) is 10.2 Å². The SMILES string of the molecule is COCCNC(=O)C1CN(c2ccc(C#N)c(C(F)(F)F)c2)CCN1C(=O)c1cccc(OC)c1. The molecule has 1 atom stereocenters. The number of nitriles is 1. The van der Waals surface area contributed by atoms with E-state index in [-0.39, 0.29) is 38.5 Å². The molecule has 2 aromatic rings. The standard InChI is InChI=1S/C24H25F3N4O4/c1-34-11-8-29-22(32)21-15-30(18-7-6-17(14-28)20(13-18)24(25,26)27)9-10-31(21)23(33)16-4-3-5-19(12-16)35-2/h3-7,12-13,21H,8-11,15H2,1-2H3,(H,29,32). The number of hydrogen-bond acceptors (Lipinski definition) is 6. The predicted molar refractivity (Wildman–Crippen MR) is 121 cm³/mol. The summed E-state index contributed by atoms with van der Waals surface area (Å²) in [6.07, 6.45) is -4.71. The van der Waals surface area contributed by atoms with Gasteiger partial charge in [0.2, 0.25) is 5.91 Å². The van der Waals surface area contributed by atoms with Crippen molar-refractivity contribution >= 4 is 17.5 Å². The fourth-order valence-corrected chi connectivity index (χ4v) is 3.86. The normalized spacial score (nSPS) is 15.9. The van der Waals surface area contributed by atoms with Crippen LogP contribution >= 0.6 is 0 Å². The number of ether oxygens (including phenoxy) is 2. The molecule has 186 valence electrons. The molecular weight excluding hydrogens is 465 g/mol. The first-order valence-electron chi connectivity index (χ1n) is 10.8. The average Bonchev–Trinajstić information content (AvgIpc) is 2.87. The molecule has 2 aromatic carbocycles. The minimum Gasteiger partial charge on any atom is -0.497 e. The summed E-state index contributed by atoms with van der Waals surface area (Å²) in [5.74, 6) is -0.369. The second-order valence-corrected chi connectivity index (χ2v) is 7.82. The number of nitrogens with one attached hydrogen (secondary N) is 1. The first kappa shape index (κ1) is 25.8. The van der Waals surface area contributed by atoms with E-state index in [1.807, 2.05) is 0 Å². The van der Waals surface area contributed by atoms with Gasteiger partial charge in [0.05, 0.1) is 30.9 Å². The maximum atomic E-state index is 13.5. The van der Waals surface area contributed by atoms with Crippen LogP contribution in [0.3, 0.4) is 0 Å². The number of halogens is 3. The Morgan fingerprint density at radius 1 is 1.17 bits per heavy atom. The topological polar surface area (TPSA) is 94.9 Å². The zero-order valence-corrected chi connectivity index (χ0v) is 19.3. The number of carbonyl (C=O) groups is 2. The van der Waals surface area contributed by atoms with Gasteiger partial charge in [-0.25, -0.2) is 0 Å². The van der Waals surface area contributed by atoms with E-state index in [4.69, 9.17) is 14.7 Å². The van der Waals surface area contributed by atoms with Gasteiger partial charge in [-0.2, -0.15) is 18.4 Å². The van der Waals surface area contributed by atoms with Crippen molar-refractivity contribution in [3.63, 3.8) is 0 Å². The van der Waals surface area contributed by atoms with Crippen LogP contribution in [0.25, 0.3) is 0 Å². The van der Waals surface area contributed by atoms with Crippen molar-refractivity contribution in [3.8, 4) is 11.8 Å².